The summed E-state index contributed by atoms with van der Waals surface area (Å²) in [6.07, 6.45) is 0. The van der Waals surface area contributed by atoms with Gasteiger partial charge in [-0.15, -0.1) is 28.3 Å². The Bertz CT molecular complexity index is 1180. The molecule has 0 amide bonds. The zero-order valence-corrected chi connectivity index (χ0v) is 20.7. The monoisotopic (exact) mass is 515 g/mol. The van der Waals surface area contributed by atoms with Crippen LogP contribution in [0.4, 0.5) is 5.69 Å². The van der Waals surface area contributed by atoms with E-state index >= 15 is 0 Å². The standard InChI is InChI=1S/C20H22ClN3O2S2.BrH/c1-5-24-18(13-27-20(24)22-17-9-7-6-8-14(17)2)15-10-11-16(21)19(12-15)28(25,26)23(3)4;/h6-13H,5H2,1-4H3;1H. The summed E-state index contributed by atoms with van der Waals surface area (Å²) < 4.78 is 28.4. The van der Waals surface area contributed by atoms with Crippen LogP contribution in [0.25, 0.3) is 11.3 Å². The van der Waals surface area contributed by atoms with E-state index in [1.54, 1.807) is 12.1 Å². The molecule has 5 nitrogen and oxygen atoms in total. The summed E-state index contributed by atoms with van der Waals surface area (Å²) in [5, 5.41) is 2.20. The third-order valence-electron chi connectivity index (χ3n) is 4.43. The summed E-state index contributed by atoms with van der Waals surface area (Å²) in [5.74, 6) is 0. The van der Waals surface area contributed by atoms with Crippen molar-refractivity contribution < 1.29 is 8.42 Å². The number of nitrogens with zero attached hydrogens (tertiary/aromatic N) is 3. The molecule has 1 heterocycles. The lowest BCUT2D eigenvalue weighted by Crippen LogP contribution is -2.22. The molecule has 0 aliphatic carbocycles. The lowest BCUT2D eigenvalue weighted by atomic mass is 10.2. The van der Waals surface area contributed by atoms with Crippen LogP contribution in [0.3, 0.4) is 0 Å². The maximum atomic E-state index is 12.6. The molecule has 3 aromatic rings. The van der Waals surface area contributed by atoms with Gasteiger partial charge in [-0.25, -0.2) is 17.7 Å². The zero-order chi connectivity index (χ0) is 20.5. The normalized spacial score (nSPS) is 12.3. The Morgan fingerprint density at radius 3 is 2.48 bits per heavy atom. The first-order valence-electron chi connectivity index (χ1n) is 8.77. The van der Waals surface area contributed by atoms with Gasteiger partial charge in [0.1, 0.15) is 4.90 Å². The SMILES string of the molecule is Br.CCn1c(-c2ccc(Cl)c(S(=O)(=O)N(C)C)c2)csc1=Nc1ccccc1C. The molecule has 0 N–H and O–H groups in total. The van der Waals surface area contributed by atoms with Crippen molar-refractivity contribution in [3.8, 4) is 11.3 Å². The van der Waals surface area contributed by atoms with E-state index in [1.165, 1.54) is 29.7 Å². The molecule has 9 heteroatoms. The Labute approximate surface area is 191 Å². The van der Waals surface area contributed by atoms with E-state index in [0.717, 1.165) is 27.3 Å². The molecule has 0 atom stereocenters. The Kier molecular flexibility index (Phi) is 7.86. The summed E-state index contributed by atoms with van der Waals surface area (Å²) in [6, 6.07) is 13.1. The fourth-order valence-electron chi connectivity index (χ4n) is 2.80. The number of hydrogen-bond donors (Lipinski definition) is 0. The summed E-state index contributed by atoms with van der Waals surface area (Å²) in [7, 11) is -0.644. The van der Waals surface area contributed by atoms with Gasteiger partial charge < -0.3 is 4.57 Å². The Hall–Kier alpha value is -1.45. The van der Waals surface area contributed by atoms with Crippen molar-refractivity contribution in [3.63, 3.8) is 0 Å². The Balaban J connectivity index is 0.00000300. The van der Waals surface area contributed by atoms with Crippen LogP contribution in [0, 0.1) is 6.92 Å². The van der Waals surface area contributed by atoms with Crippen LogP contribution in [0.15, 0.2) is 57.7 Å². The maximum Gasteiger partial charge on any atom is 0.244 e. The van der Waals surface area contributed by atoms with Crippen LogP contribution in [0.1, 0.15) is 12.5 Å². The van der Waals surface area contributed by atoms with Crippen LogP contribution in [0.2, 0.25) is 5.02 Å². The first kappa shape index (κ1) is 23.8. The molecule has 0 unspecified atom stereocenters. The van der Waals surface area contributed by atoms with E-state index in [-0.39, 0.29) is 26.9 Å². The molecule has 0 aliphatic rings. The molecule has 2 aromatic carbocycles. The minimum Gasteiger partial charge on any atom is -0.317 e. The smallest absolute Gasteiger partial charge is 0.244 e. The van der Waals surface area contributed by atoms with Gasteiger partial charge in [0.2, 0.25) is 10.0 Å². The Morgan fingerprint density at radius 2 is 1.86 bits per heavy atom. The second-order valence-corrected chi connectivity index (χ2v) is 9.84. The average molecular weight is 517 g/mol. The number of rotatable bonds is 5. The van der Waals surface area contributed by atoms with Gasteiger partial charge in [-0.1, -0.05) is 35.9 Å². The van der Waals surface area contributed by atoms with E-state index < -0.39 is 10.0 Å². The fourth-order valence-corrected chi connectivity index (χ4v) is 5.18. The van der Waals surface area contributed by atoms with Crippen LogP contribution >= 0.6 is 39.9 Å². The van der Waals surface area contributed by atoms with E-state index in [1.807, 2.05) is 49.6 Å². The highest BCUT2D eigenvalue weighted by atomic mass is 79.9. The van der Waals surface area contributed by atoms with Crippen molar-refractivity contribution in [3.05, 3.63) is 63.2 Å². The van der Waals surface area contributed by atoms with Gasteiger partial charge in [0.15, 0.2) is 4.80 Å². The van der Waals surface area contributed by atoms with Gasteiger partial charge in [-0.05, 0) is 37.6 Å². The lowest BCUT2D eigenvalue weighted by Gasteiger charge is -2.14. The van der Waals surface area contributed by atoms with Crippen LogP contribution in [-0.4, -0.2) is 31.4 Å². The predicted molar refractivity (Wildman–Crippen MR) is 126 cm³/mol. The predicted octanol–water partition coefficient (Wildman–Crippen LogP) is 5.26. The molecule has 3 rings (SSSR count). The highest BCUT2D eigenvalue weighted by Crippen LogP contribution is 2.30. The second-order valence-electron chi connectivity index (χ2n) is 6.48. The molecule has 0 radical (unpaired) electrons. The Morgan fingerprint density at radius 1 is 1.17 bits per heavy atom. The molecule has 0 bridgehead atoms. The largest absolute Gasteiger partial charge is 0.317 e. The van der Waals surface area contributed by atoms with Gasteiger partial charge >= 0.3 is 0 Å². The van der Waals surface area contributed by atoms with Crippen molar-refractivity contribution in [1.82, 2.24) is 8.87 Å². The molecule has 29 heavy (non-hydrogen) atoms. The highest BCUT2D eigenvalue weighted by Gasteiger charge is 2.22. The van der Waals surface area contributed by atoms with Crippen molar-refractivity contribution in [2.45, 2.75) is 25.3 Å². The summed E-state index contributed by atoms with van der Waals surface area (Å²) in [4.78, 5) is 5.76. The van der Waals surface area contributed by atoms with Crippen molar-refractivity contribution in [2.24, 2.45) is 4.99 Å². The third-order valence-corrected chi connectivity index (χ3v) is 7.59. The number of aryl methyl sites for hydroxylation is 1. The molecule has 0 aliphatic heterocycles. The van der Waals surface area contributed by atoms with Gasteiger partial charge in [0.25, 0.3) is 0 Å². The molecule has 0 saturated carbocycles. The van der Waals surface area contributed by atoms with Gasteiger partial charge in [0, 0.05) is 31.6 Å². The summed E-state index contributed by atoms with van der Waals surface area (Å²) >= 11 is 7.71. The minimum absolute atomic E-state index is 0. The van der Waals surface area contributed by atoms with Gasteiger partial charge in [-0.2, -0.15) is 0 Å². The molecule has 0 spiro atoms. The number of benzene rings is 2. The number of hydrogen-bond acceptors (Lipinski definition) is 4. The molecular weight excluding hydrogens is 494 g/mol. The van der Waals surface area contributed by atoms with Crippen molar-refractivity contribution >= 4 is 55.6 Å². The zero-order valence-electron chi connectivity index (χ0n) is 16.6. The number of aromatic nitrogens is 1. The molecule has 1 aromatic heterocycles. The van der Waals surface area contributed by atoms with E-state index in [9.17, 15) is 8.42 Å². The molecular formula is C20H23BrClN3O2S2. The van der Waals surface area contributed by atoms with Crippen LogP contribution < -0.4 is 4.80 Å². The first-order valence-corrected chi connectivity index (χ1v) is 11.5. The number of thiazole rings is 1. The quantitative estimate of drug-likeness (QED) is 0.464. The molecule has 0 fully saturated rings. The van der Waals surface area contributed by atoms with E-state index in [0.29, 0.717) is 6.54 Å². The van der Waals surface area contributed by atoms with Gasteiger partial charge in [-0.3, -0.25) is 0 Å². The minimum atomic E-state index is -3.63. The lowest BCUT2D eigenvalue weighted by molar-refractivity contribution is 0.521. The highest BCUT2D eigenvalue weighted by molar-refractivity contribution is 8.93. The maximum absolute atomic E-state index is 12.6. The summed E-state index contributed by atoms with van der Waals surface area (Å²) in [5.41, 5.74) is 3.72. The topological polar surface area (TPSA) is 54.7 Å². The average Bonchev–Trinajstić information content (AvgIpc) is 3.06. The third kappa shape index (κ3) is 4.83. The number of sulfonamides is 1. The first-order chi connectivity index (χ1) is 13.3. The van der Waals surface area contributed by atoms with E-state index in [2.05, 4.69) is 4.57 Å². The number of para-hydroxylation sites is 1. The van der Waals surface area contributed by atoms with Crippen molar-refractivity contribution in [2.75, 3.05) is 14.1 Å². The fraction of sp³-hybridized carbons (Fsp3) is 0.250. The van der Waals surface area contributed by atoms with Crippen molar-refractivity contribution in [1.29, 1.82) is 0 Å². The summed E-state index contributed by atoms with van der Waals surface area (Å²) in [6.45, 7) is 4.78. The molecule has 156 valence electrons. The van der Waals surface area contributed by atoms with Crippen LogP contribution in [0.5, 0.6) is 0 Å². The van der Waals surface area contributed by atoms with Gasteiger partial charge in [0.05, 0.1) is 16.4 Å². The van der Waals surface area contributed by atoms with E-state index in [4.69, 9.17) is 16.6 Å². The second kappa shape index (κ2) is 9.57. The number of halogens is 2. The molecule has 0 saturated heterocycles. The van der Waals surface area contributed by atoms with Crippen LogP contribution in [-0.2, 0) is 16.6 Å².